The fourth-order valence-corrected chi connectivity index (χ4v) is 4.50. The number of hydrogen-bond acceptors (Lipinski definition) is 4. The molecule has 2 aliphatic rings. The summed E-state index contributed by atoms with van der Waals surface area (Å²) in [6.45, 7) is 2.09. The first kappa shape index (κ1) is 15.9. The summed E-state index contributed by atoms with van der Waals surface area (Å²) >= 11 is 7.99. The van der Waals surface area contributed by atoms with Crippen LogP contribution in [0.5, 0.6) is 5.75 Å². The van der Waals surface area contributed by atoms with Gasteiger partial charge in [0.25, 0.3) is 0 Å². The van der Waals surface area contributed by atoms with Crippen molar-refractivity contribution in [2.75, 3.05) is 0 Å². The fraction of sp³-hybridized carbons (Fsp3) is 0.190. The first-order valence-corrected chi connectivity index (χ1v) is 9.87. The molecule has 5 heteroatoms. The van der Waals surface area contributed by atoms with Gasteiger partial charge in [0, 0.05) is 22.6 Å². The zero-order chi connectivity index (χ0) is 17.7. The van der Waals surface area contributed by atoms with Gasteiger partial charge in [-0.15, -0.1) is 11.3 Å². The van der Waals surface area contributed by atoms with Crippen LogP contribution >= 0.6 is 22.9 Å². The molecule has 1 aromatic heterocycles. The number of rotatable bonds is 2. The zero-order valence-electron chi connectivity index (χ0n) is 14.2. The van der Waals surface area contributed by atoms with Crippen LogP contribution in [0.15, 0.2) is 65.1 Å². The SMILES string of the molecule is Cc1ccc(C2Oc3ccc(Cl)cc3C3CC(c4cccs4)=NN32)cc1. The summed E-state index contributed by atoms with van der Waals surface area (Å²) in [7, 11) is 0. The molecule has 3 nitrogen and oxygen atoms in total. The maximum Gasteiger partial charge on any atom is 0.213 e. The van der Waals surface area contributed by atoms with Crippen LogP contribution in [-0.2, 0) is 0 Å². The molecule has 2 atom stereocenters. The second-order valence-corrected chi connectivity index (χ2v) is 8.07. The van der Waals surface area contributed by atoms with E-state index in [1.807, 2.05) is 18.2 Å². The van der Waals surface area contributed by atoms with Gasteiger partial charge >= 0.3 is 0 Å². The summed E-state index contributed by atoms with van der Waals surface area (Å²) < 4.78 is 6.36. The minimum absolute atomic E-state index is 0.140. The second kappa shape index (κ2) is 6.15. The molecule has 0 bridgehead atoms. The summed E-state index contributed by atoms with van der Waals surface area (Å²) in [4.78, 5) is 1.21. The minimum atomic E-state index is -0.230. The molecule has 2 aliphatic heterocycles. The van der Waals surface area contributed by atoms with Gasteiger partial charge in [-0.2, -0.15) is 5.10 Å². The van der Waals surface area contributed by atoms with E-state index in [0.29, 0.717) is 0 Å². The van der Waals surface area contributed by atoms with Gasteiger partial charge in [-0.3, -0.25) is 0 Å². The Bertz CT molecular complexity index is 982. The largest absolute Gasteiger partial charge is 0.464 e. The van der Waals surface area contributed by atoms with Crippen molar-refractivity contribution in [3.8, 4) is 5.75 Å². The molecule has 5 rings (SSSR count). The predicted molar refractivity (Wildman–Crippen MR) is 106 cm³/mol. The standard InChI is InChI=1S/C21H17ClN2OS/c1-13-4-6-14(7-5-13)21-24-18(12-17(23-24)20-3-2-10-26-20)16-11-15(22)8-9-19(16)25-21/h2-11,18,21H,12H2,1H3. The maximum atomic E-state index is 6.36. The lowest BCUT2D eigenvalue weighted by molar-refractivity contribution is -0.0190. The molecule has 3 aromatic rings. The second-order valence-electron chi connectivity index (χ2n) is 6.69. The van der Waals surface area contributed by atoms with E-state index in [2.05, 4.69) is 53.7 Å². The normalized spacial score (nSPS) is 21.0. The van der Waals surface area contributed by atoms with E-state index in [1.54, 1.807) is 11.3 Å². The number of thiophene rings is 1. The van der Waals surface area contributed by atoms with Crippen LogP contribution in [0.25, 0.3) is 0 Å². The average Bonchev–Trinajstić information content (AvgIpc) is 3.32. The number of halogens is 1. The highest BCUT2D eigenvalue weighted by atomic mass is 35.5. The van der Waals surface area contributed by atoms with Gasteiger partial charge in [0.05, 0.1) is 16.6 Å². The lowest BCUT2D eigenvalue weighted by atomic mass is 9.97. The Hall–Kier alpha value is -2.30. The summed E-state index contributed by atoms with van der Waals surface area (Å²) in [5.41, 5.74) is 4.56. The molecule has 3 heterocycles. The zero-order valence-corrected chi connectivity index (χ0v) is 15.8. The number of hydrogen-bond donors (Lipinski definition) is 0. The Morgan fingerprint density at radius 2 is 2.00 bits per heavy atom. The van der Waals surface area contributed by atoms with E-state index in [-0.39, 0.29) is 12.3 Å². The molecule has 0 fully saturated rings. The predicted octanol–water partition coefficient (Wildman–Crippen LogP) is 5.95. The van der Waals surface area contributed by atoms with Gasteiger partial charge in [-0.05, 0) is 36.6 Å². The lowest BCUT2D eigenvalue weighted by Crippen LogP contribution is -2.33. The smallest absolute Gasteiger partial charge is 0.213 e. The van der Waals surface area contributed by atoms with Crippen LogP contribution in [-0.4, -0.2) is 10.7 Å². The molecule has 0 saturated carbocycles. The van der Waals surface area contributed by atoms with Crippen molar-refractivity contribution in [1.29, 1.82) is 0 Å². The Balaban J connectivity index is 1.61. The molecule has 26 heavy (non-hydrogen) atoms. The number of aryl methyl sites for hydroxylation is 1. The van der Waals surface area contributed by atoms with E-state index >= 15 is 0 Å². The molecule has 130 valence electrons. The molecule has 0 spiro atoms. The van der Waals surface area contributed by atoms with Crippen molar-refractivity contribution in [3.05, 3.63) is 86.6 Å². The molecule has 0 radical (unpaired) electrons. The van der Waals surface area contributed by atoms with E-state index in [4.69, 9.17) is 21.4 Å². The summed E-state index contributed by atoms with van der Waals surface area (Å²) in [5, 5.41) is 9.87. The molecular formula is C21H17ClN2OS. The van der Waals surface area contributed by atoms with Gasteiger partial charge in [0.2, 0.25) is 6.23 Å². The summed E-state index contributed by atoms with van der Waals surface area (Å²) in [6.07, 6.45) is 0.631. The molecule has 0 amide bonds. The summed E-state index contributed by atoms with van der Waals surface area (Å²) in [5.74, 6) is 0.892. The lowest BCUT2D eigenvalue weighted by Gasteiger charge is -2.38. The first-order chi connectivity index (χ1) is 12.7. The third-order valence-electron chi connectivity index (χ3n) is 4.92. The minimum Gasteiger partial charge on any atom is -0.464 e. The quantitative estimate of drug-likeness (QED) is 0.548. The van der Waals surface area contributed by atoms with E-state index < -0.39 is 0 Å². The Morgan fingerprint density at radius 1 is 1.15 bits per heavy atom. The van der Waals surface area contributed by atoms with Crippen molar-refractivity contribution in [1.82, 2.24) is 5.01 Å². The highest BCUT2D eigenvalue weighted by Crippen LogP contribution is 2.48. The van der Waals surface area contributed by atoms with Gasteiger partial charge < -0.3 is 4.74 Å². The number of ether oxygens (including phenoxy) is 1. The van der Waals surface area contributed by atoms with Crippen molar-refractivity contribution >= 4 is 28.6 Å². The highest BCUT2D eigenvalue weighted by molar-refractivity contribution is 7.12. The van der Waals surface area contributed by atoms with Crippen LogP contribution in [0, 0.1) is 6.92 Å². The van der Waals surface area contributed by atoms with E-state index in [9.17, 15) is 0 Å². The monoisotopic (exact) mass is 380 g/mol. The van der Waals surface area contributed by atoms with Gasteiger partial charge in [-0.1, -0.05) is 47.5 Å². The average molecular weight is 381 g/mol. The van der Waals surface area contributed by atoms with Crippen LogP contribution in [0.4, 0.5) is 0 Å². The molecule has 2 unspecified atom stereocenters. The van der Waals surface area contributed by atoms with Crippen molar-refractivity contribution < 1.29 is 4.74 Å². The third kappa shape index (κ3) is 2.61. The van der Waals surface area contributed by atoms with Gasteiger partial charge in [0.15, 0.2) is 0 Å². The maximum absolute atomic E-state index is 6.36. The number of fused-ring (bicyclic) bond motifs is 3. The van der Waals surface area contributed by atoms with Crippen molar-refractivity contribution in [2.24, 2.45) is 5.10 Å². The number of hydrazone groups is 1. The molecule has 0 aliphatic carbocycles. The van der Waals surface area contributed by atoms with Crippen molar-refractivity contribution in [3.63, 3.8) is 0 Å². The molecule has 2 aromatic carbocycles. The fourth-order valence-electron chi connectivity index (χ4n) is 3.60. The van der Waals surface area contributed by atoms with Crippen LogP contribution < -0.4 is 4.74 Å². The number of nitrogens with zero attached hydrogens (tertiary/aromatic N) is 2. The Morgan fingerprint density at radius 3 is 2.77 bits per heavy atom. The number of benzene rings is 2. The Labute approximate surface area is 161 Å². The van der Waals surface area contributed by atoms with Crippen molar-refractivity contribution in [2.45, 2.75) is 25.6 Å². The summed E-state index contributed by atoms with van der Waals surface area (Å²) in [6, 6.07) is 18.7. The highest BCUT2D eigenvalue weighted by Gasteiger charge is 2.41. The molecule has 0 saturated heterocycles. The topological polar surface area (TPSA) is 24.8 Å². The van der Waals surface area contributed by atoms with Crippen LogP contribution in [0.1, 0.15) is 40.3 Å². The first-order valence-electron chi connectivity index (χ1n) is 8.61. The van der Waals surface area contributed by atoms with Gasteiger partial charge in [-0.25, -0.2) is 5.01 Å². The van der Waals surface area contributed by atoms with E-state index in [1.165, 1.54) is 10.4 Å². The van der Waals surface area contributed by atoms with E-state index in [0.717, 1.165) is 34.0 Å². The van der Waals surface area contributed by atoms with Crippen LogP contribution in [0.3, 0.4) is 0 Å². The molecular weight excluding hydrogens is 364 g/mol. The molecule has 0 N–H and O–H groups in total. The third-order valence-corrected chi connectivity index (χ3v) is 6.07. The van der Waals surface area contributed by atoms with Crippen LogP contribution in [0.2, 0.25) is 5.02 Å². The van der Waals surface area contributed by atoms with Gasteiger partial charge in [0.1, 0.15) is 5.75 Å². The Kier molecular flexibility index (Phi) is 3.76.